The van der Waals surface area contributed by atoms with Crippen LogP contribution in [0.3, 0.4) is 0 Å². The monoisotopic (exact) mass is 156 g/mol. The predicted octanol–water partition coefficient (Wildman–Crippen LogP) is 1.03. The largest absolute Gasteiger partial charge is 0.304 e. The lowest BCUT2D eigenvalue weighted by atomic mass is 10.1. The summed E-state index contributed by atoms with van der Waals surface area (Å²) in [6, 6.07) is 1.44. The molecule has 11 heavy (non-hydrogen) atoms. The van der Waals surface area contributed by atoms with Gasteiger partial charge in [-0.05, 0) is 27.8 Å². The van der Waals surface area contributed by atoms with Gasteiger partial charge in [-0.1, -0.05) is 0 Å². The second kappa shape index (κ2) is 3.55. The van der Waals surface area contributed by atoms with Crippen LogP contribution in [-0.2, 0) is 0 Å². The van der Waals surface area contributed by atoms with Gasteiger partial charge in [-0.15, -0.1) is 0 Å². The van der Waals surface area contributed by atoms with E-state index in [9.17, 15) is 0 Å². The molecular formula is C9H20N2. The summed E-state index contributed by atoms with van der Waals surface area (Å²) in [5.41, 5.74) is 0. The van der Waals surface area contributed by atoms with Gasteiger partial charge >= 0.3 is 0 Å². The SMILES string of the molecule is CC(C)N1CCN(C)CC1C. The Morgan fingerprint density at radius 3 is 2.36 bits per heavy atom. The van der Waals surface area contributed by atoms with E-state index in [1.165, 1.54) is 19.6 Å². The molecule has 2 heteroatoms. The lowest BCUT2D eigenvalue weighted by Crippen LogP contribution is -2.52. The smallest absolute Gasteiger partial charge is 0.0198 e. The summed E-state index contributed by atoms with van der Waals surface area (Å²) >= 11 is 0. The first-order valence-electron chi connectivity index (χ1n) is 4.55. The molecule has 0 spiro atoms. The van der Waals surface area contributed by atoms with Crippen LogP contribution < -0.4 is 0 Å². The Hall–Kier alpha value is -0.0800. The van der Waals surface area contributed by atoms with Crippen molar-refractivity contribution >= 4 is 0 Å². The molecule has 2 nitrogen and oxygen atoms in total. The predicted molar refractivity (Wildman–Crippen MR) is 48.8 cm³/mol. The van der Waals surface area contributed by atoms with Crippen LogP contribution in [0.2, 0.25) is 0 Å². The van der Waals surface area contributed by atoms with Gasteiger partial charge in [0.25, 0.3) is 0 Å². The van der Waals surface area contributed by atoms with Gasteiger partial charge < -0.3 is 4.90 Å². The molecule has 1 aliphatic rings. The molecule has 0 bridgehead atoms. The molecule has 0 aromatic heterocycles. The average molecular weight is 156 g/mol. The molecule has 1 saturated heterocycles. The van der Waals surface area contributed by atoms with Crippen molar-refractivity contribution in [3.05, 3.63) is 0 Å². The van der Waals surface area contributed by atoms with Gasteiger partial charge in [-0.3, -0.25) is 4.90 Å². The highest BCUT2D eigenvalue weighted by atomic mass is 15.3. The third-order valence-electron chi connectivity index (χ3n) is 2.55. The molecule has 0 saturated carbocycles. The average Bonchev–Trinajstić information content (AvgIpc) is 1.85. The number of piperazine rings is 1. The van der Waals surface area contributed by atoms with Crippen LogP contribution in [0.15, 0.2) is 0 Å². The summed E-state index contributed by atoms with van der Waals surface area (Å²) in [5.74, 6) is 0. The van der Waals surface area contributed by atoms with E-state index in [1.807, 2.05) is 0 Å². The molecule has 0 aromatic carbocycles. The Balaban J connectivity index is 2.44. The van der Waals surface area contributed by atoms with Crippen molar-refractivity contribution < 1.29 is 0 Å². The van der Waals surface area contributed by atoms with E-state index in [-0.39, 0.29) is 0 Å². The fourth-order valence-electron chi connectivity index (χ4n) is 1.92. The molecule has 0 aliphatic carbocycles. The summed E-state index contributed by atoms with van der Waals surface area (Å²) in [6.45, 7) is 10.6. The molecule has 1 heterocycles. The molecule has 1 aliphatic heterocycles. The molecule has 66 valence electrons. The van der Waals surface area contributed by atoms with Crippen molar-refractivity contribution in [2.75, 3.05) is 26.7 Å². The molecule has 1 fully saturated rings. The zero-order chi connectivity index (χ0) is 8.43. The molecule has 0 radical (unpaired) electrons. The first-order valence-corrected chi connectivity index (χ1v) is 4.55. The van der Waals surface area contributed by atoms with Crippen molar-refractivity contribution in [3.8, 4) is 0 Å². The Morgan fingerprint density at radius 2 is 1.91 bits per heavy atom. The summed E-state index contributed by atoms with van der Waals surface area (Å²) in [5, 5.41) is 0. The van der Waals surface area contributed by atoms with E-state index in [0.717, 1.165) is 6.04 Å². The van der Waals surface area contributed by atoms with E-state index in [4.69, 9.17) is 0 Å². The summed E-state index contributed by atoms with van der Waals surface area (Å²) in [6.07, 6.45) is 0. The number of hydrogen-bond donors (Lipinski definition) is 0. The number of likely N-dealkylation sites (N-methyl/N-ethyl adjacent to an activating group) is 1. The van der Waals surface area contributed by atoms with Crippen molar-refractivity contribution in [2.24, 2.45) is 0 Å². The van der Waals surface area contributed by atoms with E-state index in [1.54, 1.807) is 0 Å². The lowest BCUT2D eigenvalue weighted by molar-refractivity contribution is 0.0741. The van der Waals surface area contributed by atoms with Crippen LogP contribution in [0.4, 0.5) is 0 Å². The Bertz CT molecular complexity index is 123. The Kier molecular flexibility index (Phi) is 2.90. The van der Waals surface area contributed by atoms with E-state index >= 15 is 0 Å². The topological polar surface area (TPSA) is 6.48 Å². The Morgan fingerprint density at radius 1 is 1.27 bits per heavy atom. The Labute approximate surface area is 70.2 Å². The van der Waals surface area contributed by atoms with E-state index < -0.39 is 0 Å². The van der Waals surface area contributed by atoms with Crippen LogP contribution in [0.25, 0.3) is 0 Å². The molecule has 0 aromatic rings. The number of hydrogen-bond acceptors (Lipinski definition) is 2. The van der Waals surface area contributed by atoms with Gasteiger partial charge in [0.2, 0.25) is 0 Å². The highest BCUT2D eigenvalue weighted by Gasteiger charge is 2.22. The van der Waals surface area contributed by atoms with Gasteiger partial charge in [0.15, 0.2) is 0 Å². The first-order chi connectivity index (χ1) is 5.11. The minimum atomic E-state index is 0.707. The normalized spacial score (nSPS) is 29.7. The standard InChI is InChI=1S/C9H20N2/c1-8(2)11-6-5-10(4)7-9(11)3/h8-9H,5-7H2,1-4H3. The molecule has 0 N–H and O–H groups in total. The highest BCUT2D eigenvalue weighted by Crippen LogP contribution is 2.10. The maximum atomic E-state index is 2.57. The van der Waals surface area contributed by atoms with Crippen LogP contribution in [0.5, 0.6) is 0 Å². The van der Waals surface area contributed by atoms with Crippen molar-refractivity contribution in [3.63, 3.8) is 0 Å². The van der Waals surface area contributed by atoms with Crippen molar-refractivity contribution in [1.29, 1.82) is 0 Å². The summed E-state index contributed by atoms with van der Waals surface area (Å²) in [7, 11) is 2.20. The molecule has 1 atom stereocenters. The highest BCUT2D eigenvalue weighted by molar-refractivity contribution is 4.79. The zero-order valence-corrected chi connectivity index (χ0v) is 8.17. The zero-order valence-electron chi connectivity index (χ0n) is 8.17. The molecule has 1 unspecified atom stereocenters. The molecule has 1 rings (SSSR count). The quantitative estimate of drug-likeness (QED) is 0.559. The van der Waals surface area contributed by atoms with E-state index in [2.05, 4.69) is 37.6 Å². The summed E-state index contributed by atoms with van der Waals surface area (Å²) < 4.78 is 0. The number of rotatable bonds is 1. The van der Waals surface area contributed by atoms with Gasteiger partial charge in [-0.25, -0.2) is 0 Å². The maximum Gasteiger partial charge on any atom is 0.0198 e. The molecule has 0 amide bonds. The van der Waals surface area contributed by atoms with Crippen LogP contribution >= 0.6 is 0 Å². The number of nitrogens with zero attached hydrogens (tertiary/aromatic N) is 2. The van der Waals surface area contributed by atoms with Gasteiger partial charge in [-0.2, -0.15) is 0 Å². The second-order valence-corrected chi connectivity index (χ2v) is 3.94. The van der Waals surface area contributed by atoms with E-state index in [0.29, 0.717) is 6.04 Å². The van der Waals surface area contributed by atoms with Gasteiger partial charge in [0.05, 0.1) is 0 Å². The maximum absolute atomic E-state index is 2.57. The fourth-order valence-corrected chi connectivity index (χ4v) is 1.92. The minimum absolute atomic E-state index is 0.707. The lowest BCUT2D eigenvalue weighted by Gasteiger charge is -2.40. The van der Waals surface area contributed by atoms with Crippen molar-refractivity contribution in [1.82, 2.24) is 9.80 Å². The fraction of sp³-hybridized carbons (Fsp3) is 1.00. The van der Waals surface area contributed by atoms with Gasteiger partial charge in [0.1, 0.15) is 0 Å². The van der Waals surface area contributed by atoms with Crippen molar-refractivity contribution in [2.45, 2.75) is 32.9 Å². The summed E-state index contributed by atoms with van der Waals surface area (Å²) in [4.78, 5) is 4.98. The van der Waals surface area contributed by atoms with Gasteiger partial charge in [0, 0.05) is 31.7 Å². The van der Waals surface area contributed by atoms with Crippen LogP contribution in [0.1, 0.15) is 20.8 Å². The third kappa shape index (κ3) is 2.17. The minimum Gasteiger partial charge on any atom is -0.304 e. The van der Waals surface area contributed by atoms with Crippen LogP contribution in [0, 0.1) is 0 Å². The van der Waals surface area contributed by atoms with Crippen LogP contribution in [-0.4, -0.2) is 48.6 Å². The first kappa shape index (κ1) is 9.01. The molecular weight excluding hydrogens is 136 g/mol. The second-order valence-electron chi connectivity index (χ2n) is 3.94. The third-order valence-corrected chi connectivity index (χ3v) is 2.55.